The molecule has 0 heterocycles. The van der Waals surface area contributed by atoms with Gasteiger partial charge in [-0.25, -0.2) is 0 Å². The zero-order valence-electron chi connectivity index (χ0n) is 24.1. The molecule has 0 aromatic heterocycles. The fourth-order valence-corrected chi connectivity index (χ4v) is 7.23. The molecule has 13 heteroatoms. The summed E-state index contributed by atoms with van der Waals surface area (Å²) >= 11 is 0. The molecule has 0 saturated heterocycles. The number of aliphatic hydroxyl groups is 1. The summed E-state index contributed by atoms with van der Waals surface area (Å²) in [5.41, 5.74) is 11.1. The van der Waals surface area contributed by atoms with Gasteiger partial charge in [0.15, 0.2) is 34.5 Å². The van der Waals surface area contributed by atoms with Crippen molar-refractivity contribution in [2.24, 2.45) is 34.5 Å². The van der Waals surface area contributed by atoms with Gasteiger partial charge in [-0.05, 0) is 62.0 Å². The number of phenols is 1. The fourth-order valence-electron chi connectivity index (χ4n) is 7.23. The number of hydrogen-bond acceptors (Lipinski definition) is 12. The lowest BCUT2D eigenvalue weighted by Gasteiger charge is -2.63. The molecule has 3 aliphatic rings. The Kier molecular flexibility index (Phi) is 7.10. The minimum absolute atomic E-state index is 0.0243. The highest BCUT2D eigenvalue weighted by Crippen LogP contribution is 2.59. The zero-order valence-corrected chi connectivity index (χ0v) is 24.1. The number of primary amides is 1. The van der Waals surface area contributed by atoms with Crippen molar-refractivity contribution >= 4 is 40.7 Å². The van der Waals surface area contributed by atoms with Crippen LogP contribution in [-0.4, -0.2) is 88.1 Å². The van der Waals surface area contributed by atoms with E-state index in [0.717, 1.165) is 4.90 Å². The topological polar surface area (TPSA) is 240 Å². The van der Waals surface area contributed by atoms with E-state index in [0.29, 0.717) is 17.9 Å². The van der Waals surface area contributed by atoms with Crippen LogP contribution >= 0.6 is 0 Å². The molecule has 5 rings (SSSR count). The Morgan fingerprint density at radius 2 is 1.73 bits per heavy atom. The summed E-state index contributed by atoms with van der Waals surface area (Å²) in [6.45, 7) is 2.23. The number of phenolic OH excluding ortho intramolecular Hbond substituents is 1. The molecule has 2 saturated carbocycles. The highest BCUT2D eigenvalue weighted by atomic mass is 16.5. The lowest BCUT2D eigenvalue weighted by Crippen LogP contribution is -2.91. The van der Waals surface area contributed by atoms with Crippen LogP contribution < -0.4 is 21.9 Å². The maximum atomic E-state index is 14.7. The van der Waals surface area contributed by atoms with E-state index < -0.39 is 75.3 Å². The summed E-state index contributed by atoms with van der Waals surface area (Å²) in [7, 11) is 2.69. The molecule has 2 unspecified atom stereocenters. The lowest BCUT2D eigenvalue weighted by molar-refractivity contribution is -0.176. The standard InChI is InChI=1S/C31H31N5O8/c1-4-44-15-10-8-14(9-11-15)12-17-16-6-5-7-18(37)19(16)22(38)21-26(41)29(13-32)25(40)20(27(33)42)23(39)24(36(2)3)31(29,35)28(43)30(17,21)34/h5-12,20-21,24,28,37,43H,4,34-35H2,1-3H3,(H2,33,42)/t20?,21?,24-,28+,29+,30+,31+/m1/s1. The van der Waals surface area contributed by atoms with Crippen LogP contribution in [0, 0.1) is 28.6 Å². The number of carbonyl (C=O) groups is 5. The first kappa shape index (κ1) is 30.7. The number of nitriles is 1. The summed E-state index contributed by atoms with van der Waals surface area (Å²) < 4.78 is 5.49. The van der Waals surface area contributed by atoms with Gasteiger partial charge < -0.3 is 32.2 Å². The number of nitrogens with zero attached hydrogens (tertiary/aromatic N) is 2. The second kappa shape index (κ2) is 10.2. The normalized spacial score (nSPS) is 33.8. The second-order valence-corrected chi connectivity index (χ2v) is 11.5. The van der Waals surface area contributed by atoms with Crippen molar-refractivity contribution in [3.05, 3.63) is 59.2 Å². The Hall–Kier alpha value is -4.74. The predicted octanol–water partition coefficient (Wildman–Crippen LogP) is -0.824. The van der Waals surface area contributed by atoms with Gasteiger partial charge in [-0.15, -0.1) is 0 Å². The van der Waals surface area contributed by atoms with E-state index in [-0.39, 0.29) is 16.7 Å². The molecular formula is C31H31N5O8. The molecule has 0 aliphatic heterocycles. The van der Waals surface area contributed by atoms with Gasteiger partial charge in [-0.2, -0.15) is 5.26 Å². The van der Waals surface area contributed by atoms with Crippen LogP contribution in [-0.2, 0) is 19.2 Å². The number of carbonyl (C=O) groups excluding carboxylic acids is 5. The van der Waals surface area contributed by atoms with Gasteiger partial charge in [0.1, 0.15) is 23.0 Å². The third kappa shape index (κ3) is 3.62. The highest BCUT2D eigenvalue weighted by Gasteiger charge is 2.82. The number of amides is 1. The first-order chi connectivity index (χ1) is 20.7. The van der Waals surface area contributed by atoms with Crippen LogP contribution in [0.5, 0.6) is 11.5 Å². The SMILES string of the molecule is CCOc1ccc(C=C2c3cccc(O)c3C(=O)C3C(=O)[C@]4(C#N)C(=O)C(C(N)=O)C(=O)[C@@H](N(C)C)[C@]4(N)[C@@H](O)[C@]23N)cc1. The number of ketones is 4. The number of aliphatic hydroxyl groups excluding tert-OH is 1. The van der Waals surface area contributed by atoms with Crippen LogP contribution in [0.4, 0.5) is 0 Å². The Balaban J connectivity index is 1.88. The van der Waals surface area contributed by atoms with Crippen molar-refractivity contribution in [1.29, 1.82) is 5.26 Å². The number of rotatable bonds is 5. The van der Waals surface area contributed by atoms with E-state index in [4.69, 9.17) is 21.9 Å². The summed E-state index contributed by atoms with van der Waals surface area (Å²) in [6, 6.07) is 10.5. The minimum atomic E-state index is -3.11. The Bertz CT molecular complexity index is 1710. The van der Waals surface area contributed by atoms with E-state index in [9.17, 15) is 39.4 Å². The molecule has 1 amide bonds. The first-order valence-corrected chi connectivity index (χ1v) is 13.7. The third-order valence-electron chi connectivity index (χ3n) is 9.08. The van der Waals surface area contributed by atoms with Crippen molar-refractivity contribution in [1.82, 2.24) is 4.90 Å². The zero-order chi connectivity index (χ0) is 32.5. The molecular weight excluding hydrogens is 570 g/mol. The van der Waals surface area contributed by atoms with Gasteiger partial charge in [0, 0.05) is 0 Å². The second-order valence-electron chi connectivity index (χ2n) is 11.5. The average molecular weight is 602 g/mol. The quantitative estimate of drug-likeness (QED) is 0.264. The van der Waals surface area contributed by atoms with Gasteiger partial charge in [0.25, 0.3) is 0 Å². The number of likely N-dealkylation sites (N-methyl/N-ethyl adjacent to an activating group) is 1. The molecule has 44 heavy (non-hydrogen) atoms. The number of ether oxygens (including phenoxy) is 1. The average Bonchev–Trinajstić information content (AvgIpc) is 2.95. The van der Waals surface area contributed by atoms with Gasteiger partial charge in [-0.1, -0.05) is 24.3 Å². The molecule has 0 spiro atoms. The highest BCUT2D eigenvalue weighted by molar-refractivity contribution is 6.34. The molecule has 2 aromatic rings. The largest absolute Gasteiger partial charge is 0.507 e. The number of fused-ring (bicyclic) bond motifs is 3. The summed E-state index contributed by atoms with van der Waals surface area (Å²) in [6.07, 6.45) is -0.810. The Morgan fingerprint density at radius 3 is 2.27 bits per heavy atom. The van der Waals surface area contributed by atoms with Crippen LogP contribution in [0.3, 0.4) is 0 Å². The van der Waals surface area contributed by atoms with Gasteiger partial charge in [0.05, 0.1) is 35.9 Å². The van der Waals surface area contributed by atoms with Crippen molar-refractivity contribution in [2.45, 2.75) is 30.1 Å². The van der Waals surface area contributed by atoms with Crippen LogP contribution in [0.2, 0.25) is 0 Å². The molecule has 8 N–H and O–H groups in total. The molecule has 0 bridgehead atoms. The smallest absolute Gasteiger partial charge is 0.235 e. The van der Waals surface area contributed by atoms with Gasteiger partial charge >= 0.3 is 0 Å². The van der Waals surface area contributed by atoms with Gasteiger partial charge in [0.2, 0.25) is 5.91 Å². The summed E-state index contributed by atoms with van der Waals surface area (Å²) in [5, 5.41) is 33.7. The number of aromatic hydroxyl groups is 1. The number of benzene rings is 2. The molecule has 13 nitrogen and oxygen atoms in total. The number of Topliss-reactive ketones (excluding diaryl/α,β-unsaturated/α-hetero) is 4. The monoisotopic (exact) mass is 601 g/mol. The van der Waals surface area contributed by atoms with Crippen molar-refractivity contribution in [3.8, 4) is 17.6 Å². The third-order valence-corrected chi connectivity index (χ3v) is 9.08. The van der Waals surface area contributed by atoms with Gasteiger partial charge in [-0.3, -0.25) is 28.9 Å². The fraction of sp³-hybridized carbons (Fsp3) is 0.355. The van der Waals surface area contributed by atoms with Crippen molar-refractivity contribution in [3.63, 3.8) is 0 Å². The minimum Gasteiger partial charge on any atom is -0.507 e. The molecule has 7 atom stereocenters. The van der Waals surface area contributed by atoms with E-state index >= 15 is 0 Å². The Morgan fingerprint density at radius 1 is 1.09 bits per heavy atom. The maximum Gasteiger partial charge on any atom is 0.235 e. The summed E-state index contributed by atoms with van der Waals surface area (Å²) in [5.74, 6) is -11.0. The van der Waals surface area contributed by atoms with E-state index in [1.54, 1.807) is 30.3 Å². The van der Waals surface area contributed by atoms with E-state index in [2.05, 4.69) is 0 Å². The molecule has 2 fully saturated rings. The molecule has 0 radical (unpaired) electrons. The first-order valence-electron chi connectivity index (χ1n) is 13.7. The van der Waals surface area contributed by atoms with Crippen LogP contribution in [0.15, 0.2) is 42.5 Å². The number of hydrogen-bond donors (Lipinski definition) is 5. The van der Waals surface area contributed by atoms with E-state index in [1.165, 1.54) is 38.4 Å². The Labute approximate surface area is 251 Å². The number of nitrogens with two attached hydrogens (primary N) is 3. The predicted molar refractivity (Wildman–Crippen MR) is 154 cm³/mol. The lowest BCUT2D eigenvalue weighted by atomic mass is 9.41. The molecule has 3 aliphatic carbocycles. The van der Waals surface area contributed by atoms with Crippen molar-refractivity contribution in [2.75, 3.05) is 20.7 Å². The van der Waals surface area contributed by atoms with Crippen LogP contribution in [0.1, 0.15) is 28.4 Å². The van der Waals surface area contributed by atoms with E-state index in [1.807, 2.05) is 6.92 Å². The van der Waals surface area contributed by atoms with Crippen LogP contribution in [0.25, 0.3) is 11.6 Å². The molecule has 2 aromatic carbocycles. The van der Waals surface area contributed by atoms with Crippen molar-refractivity contribution < 1.29 is 38.9 Å². The maximum absolute atomic E-state index is 14.7. The molecule has 228 valence electrons. The summed E-state index contributed by atoms with van der Waals surface area (Å²) in [4.78, 5) is 70.0.